The van der Waals surface area contributed by atoms with Crippen molar-refractivity contribution in [2.24, 2.45) is 0 Å². The van der Waals surface area contributed by atoms with Gasteiger partial charge in [0.2, 0.25) is 0 Å². The Kier molecular flexibility index (Phi) is 7.09. The molecule has 0 radical (unpaired) electrons. The van der Waals surface area contributed by atoms with Crippen molar-refractivity contribution < 1.29 is 37.2 Å². The Morgan fingerprint density at radius 1 is 1.23 bits per heavy atom. The van der Waals surface area contributed by atoms with Gasteiger partial charge in [-0.1, -0.05) is 18.3 Å². The molecule has 9 nitrogen and oxygen atoms in total. The second kappa shape index (κ2) is 10.1. The van der Waals surface area contributed by atoms with E-state index in [2.05, 4.69) is 21.7 Å². The van der Waals surface area contributed by atoms with E-state index in [1.165, 1.54) is 17.2 Å². The number of fused-ring (bicyclic) bond motifs is 1. The van der Waals surface area contributed by atoms with Crippen molar-refractivity contribution in [3.8, 4) is 11.8 Å². The molecule has 12 heteroatoms. The lowest BCUT2D eigenvalue weighted by atomic mass is 10.1. The summed E-state index contributed by atoms with van der Waals surface area (Å²) in [5.74, 6) is 1.29. The van der Waals surface area contributed by atoms with E-state index < -0.39 is 30.0 Å². The predicted molar refractivity (Wildman–Crippen MR) is 115 cm³/mol. The van der Waals surface area contributed by atoms with E-state index in [0.29, 0.717) is 16.6 Å². The van der Waals surface area contributed by atoms with E-state index in [1.54, 1.807) is 19.2 Å². The minimum absolute atomic E-state index is 0.0161. The highest BCUT2D eigenvalue weighted by atomic mass is 19.4. The summed E-state index contributed by atoms with van der Waals surface area (Å²) < 4.78 is 39.3. The summed E-state index contributed by atoms with van der Waals surface area (Å²) in [5, 5.41) is 2.46. The first-order valence-electron chi connectivity index (χ1n) is 11.2. The molecule has 1 unspecified atom stereocenters. The van der Waals surface area contributed by atoms with E-state index in [-0.39, 0.29) is 24.5 Å². The molecule has 0 aliphatic carbocycles. The van der Waals surface area contributed by atoms with Gasteiger partial charge in [0.25, 0.3) is 11.8 Å². The normalized spacial score (nSPS) is 19.5. The number of pyridine rings is 1. The van der Waals surface area contributed by atoms with Crippen LogP contribution < -0.4 is 0 Å². The Hall–Kier alpha value is -3.43. The zero-order valence-electron chi connectivity index (χ0n) is 18.9. The van der Waals surface area contributed by atoms with Gasteiger partial charge >= 0.3 is 12.1 Å². The van der Waals surface area contributed by atoms with E-state index in [9.17, 15) is 27.6 Å². The summed E-state index contributed by atoms with van der Waals surface area (Å²) in [4.78, 5) is 50.2. The Bertz CT molecular complexity index is 1210. The molecule has 2 aromatic heterocycles. The number of piperidine rings is 2. The van der Waals surface area contributed by atoms with Gasteiger partial charge in [0.1, 0.15) is 18.3 Å². The van der Waals surface area contributed by atoms with Crippen LogP contribution in [0.15, 0.2) is 18.5 Å². The smallest absolute Gasteiger partial charge is 0.321 e. The Labute approximate surface area is 198 Å². The third kappa shape index (κ3) is 5.31. The fourth-order valence-electron chi connectivity index (χ4n) is 4.19. The third-order valence-corrected chi connectivity index (χ3v) is 5.84. The number of hydrogen-bond acceptors (Lipinski definition) is 7. The van der Waals surface area contributed by atoms with Crippen molar-refractivity contribution in [2.75, 3.05) is 19.7 Å². The fraction of sp³-hybridized carbons (Fsp3) is 0.478. The summed E-state index contributed by atoms with van der Waals surface area (Å²) in [7, 11) is 0. The number of carbonyl (C=O) groups excluding carboxylic acids is 3. The van der Waals surface area contributed by atoms with Gasteiger partial charge in [-0.25, -0.2) is 9.78 Å². The number of hydrogen-bond donors (Lipinski definition) is 0. The number of rotatable bonds is 4. The highest BCUT2D eigenvalue weighted by Crippen LogP contribution is 2.32. The van der Waals surface area contributed by atoms with Crippen molar-refractivity contribution in [1.29, 1.82) is 0 Å². The highest BCUT2D eigenvalue weighted by Gasteiger charge is 2.47. The first-order valence-corrected chi connectivity index (χ1v) is 11.2. The van der Waals surface area contributed by atoms with Crippen LogP contribution in [0.2, 0.25) is 0 Å². The SMILES string of the molecule is Cc1cn(C2CCC(=O)N(OC(=O)C(F)(F)F)C2=O)c2nccc(C#CCON3CCCCC3)c12. The second-order valence-electron chi connectivity index (χ2n) is 8.30. The van der Waals surface area contributed by atoms with Crippen molar-refractivity contribution in [2.45, 2.75) is 51.2 Å². The quantitative estimate of drug-likeness (QED) is 0.479. The lowest BCUT2D eigenvalue weighted by Crippen LogP contribution is -2.48. The molecule has 2 fully saturated rings. The van der Waals surface area contributed by atoms with Crippen molar-refractivity contribution >= 4 is 28.8 Å². The minimum atomic E-state index is -5.35. The fourth-order valence-corrected chi connectivity index (χ4v) is 4.19. The van der Waals surface area contributed by atoms with Crippen molar-refractivity contribution in [3.05, 3.63) is 29.6 Å². The zero-order chi connectivity index (χ0) is 25.2. The average Bonchev–Trinajstić information content (AvgIpc) is 3.16. The monoisotopic (exact) mass is 492 g/mol. The third-order valence-electron chi connectivity index (χ3n) is 5.84. The second-order valence-corrected chi connectivity index (χ2v) is 8.30. The first-order chi connectivity index (χ1) is 16.7. The molecule has 2 aliphatic rings. The number of aromatic nitrogens is 2. The molecule has 2 aliphatic heterocycles. The summed E-state index contributed by atoms with van der Waals surface area (Å²) in [6.07, 6.45) is 0.875. The van der Waals surface area contributed by atoms with Gasteiger partial charge in [-0.05, 0) is 37.8 Å². The Morgan fingerprint density at radius 2 is 1.97 bits per heavy atom. The van der Waals surface area contributed by atoms with Gasteiger partial charge in [-0.2, -0.15) is 18.2 Å². The molecule has 2 saturated heterocycles. The molecule has 0 spiro atoms. The molecule has 4 rings (SSSR count). The maximum atomic E-state index is 12.9. The van der Waals surface area contributed by atoms with E-state index in [0.717, 1.165) is 31.5 Å². The van der Waals surface area contributed by atoms with Gasteiger partial charge < -0.3 is 9.40 Å². The summed E-state index contributed by atoms with van der Waals surface area (Å²) >= 11 is 0. The standard InChI is InChI=1S/C23H23F3N4O5/c1-15-14-29(17-7-8-18(31)30(21(17)32)35-22(33)23(24,25)26)20-19(15)16(9-10-27-20)6-5-13-34-28-11-3-2-4-12-28/h9-10,14,17H,2-4,7-8,11-13H2,1H3. The molecular formula is C23H23F3N4O5. The van der Waals surface area contributed by atoms with Crippen molar-refractivity contribution in [3.63, 3.8) is 0 Å². The van der Waals surface area contributed by atoms with Crippen LogP contribution in [0.1, 0.15) is 49.3 Å². The van der Waals surface area contributed by atoms with Gasteiger partial charge in [-0.3, -0.25) is 14.4 Å². The molecule has 186 valence electrons. The van der Waals surface area contributed by atoms with Crippen LogP contribution in [-0.4, -0.2) is 63.3 Å². The summed E-state index contributed by atoms with van der Waals surface area (Å²) in [6, 6.07) is 0.639. The van der Waals surface area contributed by atoms with Crippen LogP contribution in [0.4, 0.5) is 13.2 Å². The number of halogens is 3. The Balaban J connectivity index is 1.56. The maximum absolute atomic E-state index is 12.9. The van der Waals surface area contributed by atoms with Crippen LogP contribution in [0.3, 0.4) is 0 Å². The molecule has 0 saturated carbocycles. The van der Waals surface area contributed by atoms with Crippen LogP contribution in [0.5, 0.6) is 0 Å². The lowest BCUT2D eigenvalue weighted by Gasteiger charge is -2.29. The zero-order valence-corrected chi connectivity index (χ0v) is 18.9. The molecule has 2 amide bonds. The topological polar surface area (TPSA) is 94.0 Å². The number of imide groups is 1. The van der Waals surface area contributed by atoms with Gasteiger partial charge in [0, 0.05) is 42.9 Å². The molecule has 0 aromatic carbocycles. The minimum Gasteiger partial charge on any atom is -0.321 e. The number of alkyl halides is 3. The maximum Gasteiger partial charge on any atom is 0.493 e. The number of aryl methyl sites for hydroxylation is 1. The molecule has 0 N–H and O–H groups in total. The largest absolute Gasteiger partial charge is 0.493 e. The summed E-state index contributed by atoms with van der Waals surface area (Å²) in [5.41, 5.74) is 1.76. The van der Waals surface area contributed by atoms with Crippen LogP contribution >= 0.6 is 0 Å². The van der Waals surface area contributed by atoms with Gasteiger partial charge in [0.05, 0.1) is 0 Å². The molecule has 0 bridgehead atoms. The number of hydroxylamine groups is 4. The van der Waals surface area contributed by atoms with E-state index in [4.69, 9.17) is 4.84 Å². The van der Waals surface area contributed by atoms with Crippen LogP contribution in [0, 0.1) is 18.8 Å². The van der Waals surface area contributed by atoms with Crippen LogP contribution in [0.25, 0.3) is 11.0 Å². The molecule has 35 heavy (non-hydrogen) atoms. The highest BCUT2D eigenvalue weighted by molar-refractivity contribution is 6.00. The number of amides is 2. The Morgan fingerprint density at radius 3 is 2.69 bits per heavy atom. The molecular weight excluding hydrogens is 469 g/mol. The van der Waals surface area contributed by atoms with Crippen LogP contribution in [-0.2, 0) is 24.1 Å². The molecule has 1 atom stereocenters. The van der Waals surface area contributed by atoms with E-state index in [1.807, 2.05) is 5.06 Å². The van der Waals surface area contributed by atoms with Gasteiger partial charge in [-0.15, -0.1) is 5.06 Å². The van der Waals surface area contributed by atoms with Crippen molar-refractivity contribution in [1.82, 2.24) is 19.7 Å². The van der Waals surface area contributed by atoms with Gasteiger partial charge in [0.15, 0.2) is 0 Å². The molecule has 4 heterocycles. The lowest BCUT2D eigenvalue weighted by molar-refractivity contribution is -0.238. The van der Waals surface area contributed by atoms with E-state index >= 15 is 0 Å². The first kappa shape index (κ1) is 24.7. The predicted octanol–water partition coefficient (Wildman–Crippen LogP) is 2.82. The number of carbonyl (C=O) groups is 3. The summed E-state index contributed by atoms with van der Waals surface area (Å²) in [6.45, 7) is 3.74. The molecule has 2 aromatic rings. The average molecular weight is 492 g/mol. The number of nitrogens with zero attached hydrogens (tertiary/aromatic N) is 4.